The minimum atomic E-state index is -0.993. The second-order valence-corrected chi connectivity index (χ2v) is 7.79. The molecule has 0 aliphatic carbocycles. The largest absolute Gasteiger partial charge is 0.497 e. The van der Waals surface area contributed by atoms with Gasteiger partial charge < -0.3 is 9.64 Å². The van der Waals surface area contributed by atoms with Gasteiger partial charge >= 0.3 is 0 Å². The molecule has 3 aromatic rings. The maximum Gasteiger partial charge on any atom is 0.257 e. The number of nitrogens with zero attached hydrogens (tertiary/aromatic N) is 2. The lowest BCUT2D eigenvalue weighted by atomic mass is 10.0. The van der Waals surface area contributed by atoms with Crippen LogP contribution in [0.1, 0.15) is 35.3 Å². The van der Waals surface area contributed by atoms with Gasteiger partial charge in [-0.05, 0) is 61.0 Å². The van der Waals surface area contributed by atoms with E-state index in [9.17, 15) is 18.8 Å². The molecular weight excluding hydrogens is 423 g/mol. The molecule has 1 fully saturated rings. The first-order valence-corrected chi connectivity index (χ1v) is 10.5. The molecule has 0 bridgehead atoms. The fourth-order valence-electron chi connectivity index (χ4n) is 4.06. The number of anilines is 1. The van der Waals surface area contributed by atoms with Crippen LogP contribution in [-0.2, 0) is 9.59 Å². The molecule has 6 nitrogen and oxygen atoms in total. The number of ether oxygens (including phenoxy) is 1. The molecule has 7 heteroatoms. The molecule has 2 unspecified atom stereocenters. The zero-order chi connectivity index (χ0) is 23.5. The topological polar surface area (TPSA) is 66.9 Å². The Morgan fingerprint density at radius 2 is 1.64 bits per heavy atom. The molecule has 1 aliphatic heterocycles. The Kier molecular flexibility index (Phi) is 6.22. The van der Waals surface area contributed by atoms with Crippen molar-refractivity contribution in [1.82, 2.24) is 4.90 Å². The van der Waals surface area contributed by atoms with Crippen LogP contribution in [-0.4, -0.2) is 35.8 Å². The normalized spacial score (nSPS) is 16.6. The molecule has 0 saturated carbocycles. The van der Waals surface area contributed by atoms with Gasteiger partial charge in [0.2, 0.25) is 5.91 Å². The van der Waals surface area contributed by atoms with Gasteiger partial charge in [0, 0.05) is 5.56 Å². The van der Waals surface area contributed by atoms with E-state index in [1.165, 1.54) is 36.3 Å². The number of halogens is 1. The lowest BCUT2D eigenvalue weighted by molar-refractivity contribution is -0.122. The van der Waals surface area contributed by atoms with E-state index in [2.05, 4.69) is 0 Å². The predicted molar refractivity (Wildman–Crippen MR) is 121 cm³/mol. The van der Waals surface area contributed by atoms with Crippen molar-refractivity contribution in [2.45, 2.75) is 25.4 Å². The zero-order valence-electron chi connectivity index (χ0n) is 18.3. The Morgan fingerprint density at radius 3 is 2.24 bits per heavy atom. The summed E-state index contributed by atoms with van der Waals surface area (Å²) in [5.41, 5.74) is 1.48. The van der Waals surface area contributed by atoms with E-state index in [1.807, 2.05) is 37.3 Å². The molecule has 3 amide bonds. The van der Waals surface area contributed by atoms with Crippen molar-refractivity contribution in [3.63, 3.8) is 0 Å². The highest BCUT2D eigenvalue weighted by Crippen LogP contribution is 2.32. The molecule has 0 aromatic heterocycles. The number of hydrogen-bond acceptors (Lipinski definition) is 4. The number of benzene rings is 3. The van der Waals surface area contributed by atoms with Crippen LogP contribution in [0.4, 0.5) is 10.1 Å². The average Bonchev–Trinajstić information content (AvgIpc) is 3.13. The molecule has 1 aliphatic rings. The van der Waals surface area contributed by atoms with Gasteiger partial charge in [-0.2, -0.15) is 0 Å². The van der Waals surface area contributed by atoms with E-state index in [1.54, 1.807) is 24.3 Å². The van der Waals surface area contributed by atoms with Gasteiger partial charge in [-0.25, -0.2) is 9.29 Å². The molecule has 0 N–H and O–H groups in total. The number of amides is 3. The monoisotopic (exact) mass is 446 g/mol. The van der Waals surface area contributed by atoms with E-state index >= 15 is 0 Å². The molecule has 1 heterocycles. The highest BCUT2D eigenvalue weighted by atomic mass is 19.1. The van der Waals surface area contributed by atoms with Gasteiger partial charge in [0.25, 0.3) is 11.8 Å². The van der Waals surface area contributed by atoms with Crippen LogP contribution in [0, 0.1) is 5.82 Å². The Balaban J connectivity index is 1.72. The van der Waals surface area contributed by atoms with E-state index in [-0.39, 0.29) is 18.0 Å². The van der Waals surface area contributed by atoms with Crippen LogP contribution in [0.2, 0.25) is 0 Å². The average molecular weight is 446 g/mol. The molecule has 3 aromatic carbocycles. The molecule has 2 atom stereocenters. The summed E-state index contributed by atoms with van der Waals surface area (Å²) < 4.78 is 18.5. The first-order valence-electron chi connectivity index (χ1n) is 10.5. The van der Waals surface area contributed by atoms with E-state index in [0.29, 0.717) is 11.3 Å². The highest BCUT2D eigenvalue weighted by molar-refractivity contribution is 6.23. The van der Waals surface area contributed by atoms with Crippen molar-refractivity contribution in [3.8, 4) is 5.75 Å². The van der Waals surface area contributed by atoms with Gasteiger partial charge in [0.15, 0.2) is 0 Å². The smallest absolute Gasteiger partial charge is 0.257 e. The van der Waals surface area contributed by atoms with Gasteiger partial charge in [0.1, 0.15) is 17.6 Å². The van der Waals surface area contributed by atoms with E-state index in [0.717, 1.165) is 10.5 Å². The summed E-state index contributed by atoms with van der Waals surface area (Å²) in [5.74, 6) is -1.20. The minimum absolute atomic E-state index is 0.157. The quantitative estimate of drug-likeness (QED) is 0.528. The number of carbonyl (C=O) groups excluding carboxylic acids is 3. The number of carbonyl (C=O) groups is 3. The number of methoxy groups -OCH3 is 1. The Hall–Kier alpha value is -4.00. The van der Waals surface area contributed by atoms with Gasteiger partial charge in [0.05, 0.1) is 25.3 Å². The predicted octanol–water partition coefficient (Wildman–Crippen LogP) is 4.37. The Morgan fingerprint density at radius 1 is 1.00 bits per heavy atom. The lowest BCUT2D eigenvalue weighted by Gasteiger charge is -2.33. The first-order chi connectivity index (χ1) is 15.9. The molecule has 168 valence electrons. The zero-order valence-corrected chi connectivity index (χ0v) is 18.3. The van der Waals surface area contributed by atoms with Gasteiger partial charge in [-0.1, -0.05) is 30.3 Å². The number of rotatable bonds is 6. The minimum Gasteiger partial charge on any atom is -0.497 e. The van der Waals surface area contributed by atoms with Crippen molar-refractivity contribution in [1.29, 1.82) is 0 Å². The number of imide groups is 1. The van der Waals surface area contributed by atoms with Crippen LogP contribution in [0.3, 0.4) is 0 Å². The van der Waals surface area contributed by atoms with Crippen LogP contribution >= 0.6 is 0 Å². The maximum absolute atomic E-state index is 13.6. The first kappa shape index (κ1) is 22.2. The van der Waals surface area contributed by atoms with Gasteiger partial charge in [-0.15, -0.1) is 0 Å². The van der Waals surface area contributed by atoms with Crippen molar-refractivity contribution < 1.29 is 23.5 Å². The Labute approximate surface area is 191 Å². The van der Waals surface area contributed by atoms with E-state index < -0.39 is 29.7 Å². The van der Waals surface area contributed by atoms with Crippen molar-refractivity contribution in [3.05, 3.63) is 95.8 Å². The molecule has 33 heavy (non-hydrogen) atoms. The molecule has 0 radical (unpaired) electrons. The standard InChI is InChI=1S/C26H23FN2O4/c1-17(18-6-4-3-5-7-18)28(25(31)19-8-14-22(33-2)15-9-19)23-16-24(30)29(26(23)32)21-12-10-20(27)11-13-21/h3-15,17,23H,16H2,1-2H3. The van der Waals surface area contributed by atoms with E-state index in [4.69, 9.17) is 4.74 Å². The summed E-state index contributed by atoms with van der Waals surface area (Å²) in [6.07, 6.45) is -0.157. The van der Waals surface area contributed by atoms with Crippen molar-refractivity contribution in [2.75, 3.05) is 12.0 Å². The second-order valence-electron chi connectivity index (χ2n) is 7.79. The third-order valence-electron chi connectivity index (χ3n) is 5.81. The van der Waals surface area contributed by atoms with Crippen LogP contribution in [0.25, 0.3) is 0 Å². The third kappa shape index (κ3) is 4.35. The summed E-state index contributed by atoms with van der Waals surface area (Å²) in [7, 11) is 1.54. The molecule has 0 spiro atoms. The Bertz CT molecular complexity index is 1160. The fourth-order valence-corrected chi connectivity index (χ4v) is 4.06. The highest BCUT2D eigenvalue weighted by Gasteiger charge is 2.46. The lowest BCUT2D eigenvalue weighted by Crippen LogP contribution is -2.46. The van der Waals surface area contributed by atoms with Crippen molar-refractivity contribution in [2.24, 2.45) is 0 Å². The van der Waals surface area contributed by atoms with Crippen LogP contribution < -0.4 is 9.64 Å². The molecule has 4 rings (SSSR count). The SMILES string of the molecule is COc1ccc(C(=O)N(C2CC(=O)N(c3ccc(F)cc3)C2=O)C(C)c2ccccc2)cc1. The van der Waals surface area contributed by atoms with Crippen LogP contribution in [0.15, 0.2) is 78.9 Å². The third-order valence-corrected chi connectivity index (χ3v) is 5.81. The fraction of sp³-hybridized carbons (Fsp3) is 0.192. The van der Waals surface area contributed by atoms with Crippen LogP contribution in [0.5, 0.6) is 5.75 Å². The molecule has 1 saturated heterocycles. The molecular formula is C26H23FN2O4. The summed E-state index contributed by atoms with van der Waals surface area (Å²) in [4.78, 5) is 42.4. The second kappa shape index (κ2) is 9.24. The van der Waals surface area contributed by atoms with Gasteiger partial charge in [-0.3, -0.25) is 14.4 Å². The summed E-state index contributed by atoms with van der Waals surface area (Å²) in [5, 5.41) is 0. The number of hydrogen-bond donors (Lipinski definition) is 0. The van der Waals surface area contributed by atoms with Crippen molar-refractivity contribution >= 4 is 23.4 Å². The summed E-state index contributed by atoms with van der Waals surface area (Å²) in [6.45, 7) is 1.83. The maximum atomic E-state index is 13.6. The summed E-state index contributed by atoms with van der Waals surface area (Å²) >= 11 is 0. The summed E-state index contributed by atoms with van der Waals surface area (Å²) in [6, 6.07) is 19.6.